The smallest absolute Gasteiger partial charge is 0.233 e. The third-order valence-electron chi connectivity index (χ3n) is 2.23. The minimum Gasteiger partial charge on any atom is -0.394 e. The van der Waals surface area contributed by atoms with E-state index in [4.69, 9.17) is 5.11 Å². The van der Waals surface area contributed by atoms with Gasteiger partial charge in [0.05, 0.1) is 17.9 Å². The molecule has 2 atom stereocenters. The van der Waals surface area contributed by atoms with Gasteiger partial charge in [-0.25, -0.2) is 0 Å². The second kappa shape index (κ2) is 6.30. The number of hydrogen-bond acceptors (Lipinski definition) is 3. The molecule has 3 nitrogen and oxygen atoms in total. The Balaban J connectivity index is 4.15. The van der Waals surface area contributed by atoms with E-state index in [2.05, 4.69) is 17.9 Å². The summed E-state index contributed by atoms with van der Waals surface area (Å²) in [6, 6.07) is -0.170. The fraction of sp³-hybridized carbons (Fsp3) is 0.900. The molecule has 0 saturated carbocycles. The summed E-state index contributed by atoms with van der Waals surface area (Å²) < 4.78 is 0. The third kappa shape index (κ3) is 4.33. The first kappa shape index (κ1) is 13.8. The largest absolute Gasteiger partial charge is 0.394 e. The van der Waals surface area contributed by atoms with Crippen molar-refractivity contribution in [2.75, 3.05) is 6.61 Å². The second-order valence-electron chi connectivity index (χ2n) is 4.23. The Morgan fingerprint density at radius 1 is 1.29 bits per heavy atom. The molecule has 0 bridgehead atoms. The van der Waals surface area contributed by atoms with Crippen LogP contribution in [-0.2, 0) is 4.79 Å². The van der Waals surface area contributed by atoms with Crippen LogP contribution in [0.4, 0.5) is 0 Å². The average Bonchev–Trinajstić information content (AvgIpc) is 2.11. The SMILES string of the molecule is CC(C)C(CO)NC(=O)C(S)C(C)C. The number of amides is 1. The maximum absolute atomic E-state index is 11.6. The first-order valence-electron chi connectivity index (χ1n) is 4.99. The van der Waals surface area contributed by atoms with E-state index in [1.165, 1.54) is 0 Å². The Bertz CT molecular complexity index is 183. The van der Waals surface area contributed by atoms with Crippen LogP contribution in [-0.4, -0.2) is 28.9 Å². The molecule has 0 radical (unpaired) electrons. The Morgan fingerprint density at radius 2 is 1.79 bits per heavy atom. The number of hydrogen-bond donors (Lipinski definition) is 3. The summed E-state index contributed by atoms with van der Waals surface area (Å²) in [4.78, 5) is 11.6. The molecular weight excluding hydrogens is 198 g/mol. The molecule has 0 fully saturated rings. The summed E-state index contributed by atoms with van der Waals surface area (Å²) >= 11 is 4.21. The standard InChI is InChI=1S/C10H21NO2S/c1-6(2)8(5-12)11-10(13)9(14)7(3)4/h6-9,12,14H,5H2,1-4H3,(H,11,13). The van der Waals surface area contributed by atoms with Gasteiger partial charge in [-0.3, -0.25) is 4.79 Å². The lowest BCUT2D eigenvalue weighted by atomic mass is 10.0. The van der Waals surface area contributed by atoms with Crippen LogP contribution in [0.5, 0.6) is 0 Å². The number of nitrogens with one attached hydrogen (secondary N) is 1. The minimum absolute atomic E-state index is 0.0258. The van der Waals surface area contributed by atoms with E-state index in [0.29, 0.717) is 0 Å². The van der Waals surface area contributed by atoms with Crippen LogP contribution in [0.2, 0.25) is 0 Å². The van der Waals surface area contributed by atoms with Gasteiger partial charge in [-0.2, -0.15) is 12.6 Å². The van der Waals surface area contributed by atoms with Gasteiger partial charge >= 0.3 is 0 Å². The van der Waals surface area contributed by atoms with E-state index in [1.54, 1.807) is 0 Å². The molecule has 0 aromatic rings. The first-order valence-corrected chi connectivity index (χ1v) is 5.51. The molecule has 0 aliphatic heterocycles. The van der Waals surface area contributed by atoms with Gasteiger partial charge < -0.3 is 10.4 Å². The summed E-state index contributed by atoms with van der Waals surface area (Å²) in [5.74, 6) is 0.331. The van der Waals surface area contributed by atoms with Gasteiger partial charge in [0.15, 0.2) is 0 Å². The average molecular weight is 219 g/mol. The van der Waals surface area contributed by atoms with Crippen molar-refractivity contribution < 1.29 is 9.90 Å². The number of rotatable bonds is 5. The zero-order valence-electron chi connectivity index (χ0n) is 9.32. The van der Waals surface area contributed by atoms with Crippen LogP contribution in [0.3, 0.4) is 0 Å². The minimum atomic E-state index is -0.303. The van der Waals surface area contributed by atoms with Crippen molar-refractivity contribution >= 4 is 18.5 Å². The zero-order valence-corrected chi connectivity index (χ0v) is 10.2. The summed E-state index contributed by atoms with van der Waals surface area (Å²) in [6.45, 7) is 7.79. The highest BCUT2D eigenvalue weighted by Gasteiger charge is 2.21. The molecule has 0 rings (SSSR count). The summed E-state index contributed by atoms with van der Waals surface area (Å²) in [5.41, 5.74) is 0. The molecule has 1 amide bonds. The van der Waals surface area contributed by atoms with Crippen LogP contribution in [0, 0.1) is 11.8 Å². The summed E-state index contributed by atoms with van der Waals surface area (Å²) in [5, 5.41) is 11.5. The molecule has 0 saturated heterocycles. The van der Waals surface area contributed by atoms with Gasteiger partial charge in [-0.05, 0) is 11.8 Å². The highest BCUT2D eigenvalue weighted by molar-refractivity contribution is 7.81. The summed E-state index contributed by atoms with van der Waals surface area (Å²) in [6.07, 6.45) is 0. The molecule has 2 unspecified atom stereocenters. The molecular formula is C10H21NO2S. The molecule has 14 heavy (non-hydrogen) atoms. The Morgan fingerprint density at radius 3 is 2.07 bits per heavy atom. The number of aliphatic hydroxyl groups is 1. The van der Waals surface area contributed by atoms with E-state index >= 15 is 0 Å². The van der Waals surface area contributed by atoms with Crippen LogP contribution in [0.25, 0.3) is 0 Å². The Labute approximate surface area is 91.7 Å². The van der Waals surface area contributed by atoms with Gasteiger partial charge in [0, 0.05) is 0 Å². The van der Waals surface area contributed by atoms with E-state index in [1.807, 2.05) is 27.7 Å². The van der Waals surface area contributed by atoms with Crippen LogP contribution >= 0.6 is 12.6 Å². The quantitative estimate of drug-likeness (QED) is 0.606. The molecule has 2 N–H and O–H groups in total. The van der Waals surface area contributed by atoms with E-state index in [0.717, 1.165) is 0 Å². The predicted molar refractivity (Wildman–Crippen MR) is 61.5 cm³/mol. The monoisotopic (exact) mass is 219 g/mol. The van der Waals surface area contributed by atoms with Crippen molar-refractivity contribution in [2.24, 2.45) is 11.8 Å². The van der Waals surface area contributed by atoms with Crippen molar-refractivity contribution in [1.29, 1.82) is 0 Å². The first-order chi connectivity index (χ1) is 6.40. The molecule has 0 aliphatic rings. The molecule has 0 aromatic carbocycles. The van der Waals surface area contributed by atoms with Crippen molar-refractivity contribution in [1.82, 2.24) is 5.32 Å². The lowest BCUT2D eigenvalue weighted by Crippen LogP contribution is -2.45. The normalized spacial score (nSPS) is 15.7. The van der Waals surface area contributed by atoms with Crippen molar-refractivity contribution in [3.8, 4) is 0 Å². The molecule has 0 aromatic heterocycles. The van der Waals surface area contributed by atoms with Crippen LogP contribution < -0.4 is 5.32 Å². The third-order valence-corrected chi connectivity index (χ3v) is 3.06. The second-order valence-corrected chi connectivity index (χ2v) is 4.79. The van der Waals surface area contributed by atoms with Crippen LogP contribution in [0.15, 0.2) is 0 Å². The van der Waals surface area contributed by atoms with Crippen molar-refractivity contribution in [3.63, 3.8) is 0 Å². The van der Waals surface area contributed by atoms with Gasteiger partial charge in [-0.1, -0.05) is 27.7 Å². The van der Waals surface area contributed by atoms with Gasteiger partial charge in [0.1, 0.15) is 0 Å². The topological polar surface area (TPSA) is 49.3 Å². The molecule has 0 heterocycles. The van der Waals surface area contributed by atoms with E-state index < -0.39 is 0 Å². The Hall–Kier alpha value is -0.220. The molecule has 0 spiro atoms. The zero-order chi connectivity index (χ0) is 11.3. The van der Waals surface area contributed by atoms with Gasteiger partial charge in [0.2, 0.25) is 5.91 Å². The Kier molecular flexibility index (Phi) is 6.20. The molecule has 4 heteroatoms. The number of aliphatic hydroxyl groups excluding tert-OH is 1. The highest BCUT2D eigenvalue weighted by atomic mass is 32.1. The highest BCUT2D eigenvalue weighted by Crippen LogP contribution is 2.10. The van der Waals surface area contributed by atoms with E-state index in [9.17, 15) is 4.79 Å². The predicted octanol–water partition coefficient (Wildman–Crippen LogP) is 1.07. The molecule has 0 aliphatic carbocycles. The van der Waals surface area contributed by atoms with Gasteiger partial charge in [0.25, 0.3) is 0 Å². The van der Waals surface area contributed by atoms with Crippen LogP contribution in [0.1, 0.15) is 27.7 Å². The van der Waals surface area contributed by atoms with E-state index in [-0.39, 0.29) is 35.6 Å². The van der Waals surface area contributed by atoms with Crippen molar-refractivity contribution in [2.45, 2.75) is 39.0 Å². The maximum Gasteiger partial charge on any atom is 0.233 e. The number of thiol groups is 1. The number of carbonyl (C=O) groups excluding carboxylic acids is 1. The summed E-state index contributed by atoms with van der Waals surface area (Å²) in [7, 11) is 0. The maximum atomic E-state index is 11.6. The number of carbonyl (C=O) groups is 1. The fourth-order valence-corrected chi connectivity index (χ4v) is 1.07. The van der Waals surface area contributed by atoms with Gasteiger partial charge in [-0.15, -0.1) is 0 Å². The lowest BCUT2D eigenvalue weighted by molar-refractivity contribution is -0.122. The lowest BCUT2D eigenvalue weighted by Gasteiger charge is -2.23. The van der Waals surface area contributed by atoms with Crippen molar-refractivity contribution in [3.05, 3.63) is 0 Å². The molecule has 84 valence electrons. The fourth-order valence-electron chi connectivity index (χ4n) is 0.994.